The van der Waals surface area contributed by atoms with Crippen molar-refractivity contribution in [3.05, 3.63) is 83.4 Å². The van der Waals surface area contributed by atoms with Crippen LogP contribution in [-0.4, -0.2) is 24.4 Å². The average molecular weight is 503 g/mol. The molecule has 0 atom stereocenters. The zero-order chi connectivity index (χ0) is 26.6. The maximum Gasteiger partial charge on any atom is 0.306 e. The number of hydrogen-bond acceptors (Lipinski definition) is 5. The van der Waals surface area contributed by atoms with Crippen molar-refractivity contribution in [2.75, 3.05) is 17.2 Å². The van der Waals surface area contributed by atoms with E-state index >= 15 is 0 Å². The molecule has 194 valence electrons. The number of anilines is 2. The van der Waals surface area contributed by atoms with Crippen LogP contribution in [0.3, 0.4) is 0 Å². The van der Waals surface area contributed by atoms with Crippen LogP contribution in [0.2, 0.25) is 0 Å². The lowest BCUT2D eigenvalue weighted by Gasteiger charge is -2.14. The molecule has 3 aromatic rings. The number of benzene rings is 3. The minimum absolute atomic E-state index is 0.0514. The minimum Gasteiger partial charge on any atom is -0.457 e. The SMILES string of the molecule is CCc1cccc(CC)c1NC(=O)COC(=O)CCCC(=O)Nc1ccc(Oc2ccc(C)cc2)cc1. The first-order valence-corrected chi connectivity index (χ1v) is 12.6. The predicted octanol–water partition coefficient (Wildman–Crippen LogP) is 6.20. The van der Waals surface area contributed by atoms with Gasteiger partial charge in [-0.05, 0) is 73.7 Å². The fraction of sp³-hybridized carbons (Fsp3) is 0.300. The second-order valence-electron chi connectivity index (χ2n) is 8.71. The summed E-state index contributed by atoms with van der Waals surface area (Å²) in [6.07, 6.45) is 2.11. The van der Waals surface area contributed by atoms with E-state index in [1.54, 1.807) is 24.3 Å². The first-order chi connectivity index (χ1) is 17.9. The molecule has 0 saturated heterocycles. The molecule has 0 heterocycles. The Morgan fingerprint density at radius 3 is 1.92 bits per heavy atom. The fourth-order valence-electron chi connectivity index (χ4n) is 3.76. The highest BCUT2D eigenvalue weighted by molar-refractivity contribution is 5.94. The molecule has 0 bridgehead atoms. The van der Waals surface area contributed by atoms with E-state index in [1.807, 2.05) is 63.2 Å². The molecule has 0 aliphatic heterocycles. The van der Waals surface area contributed by atoms with Gasteiger partial charge in [0.05, 0.1) is 0 Å². The van der Waals surface area contributed by atoms with E-state index in [9.17, 15) is 14.4 Å². The van der Waals surface area contributed by atoms with Gasteiger partial charge >= 0.3 is 5.97 Å². The molecule has 0 fully saturated rings. The second kappa shape index (κ2) is 13.8. The number of ether oxygens (including phenoxy) is 2. The summed E-state index contributed by atoms with van der Waals surface area (Å²) in [5, 5.41) is 5.67. The van der Waals surface area contributed by atoms with Crippen LogP contribution in [0.4, 0.5) is 11.4 Å². The lowest BCUT2D eigenvalue weighted by atomic mass is 10.0. The summed E-state index contributed by atoms with van der Waals surface area (Å²) in [6, 6.07) is 20.7. The number of para-hydroxylation sites is 1. The van der Waals surface area contributed by atoms with Gasteiger partial charge in [0.15, 0.2) is 6.61 Å². The molecule has 0 unspecified atom stereocenters. The van der Waals surface area contributed by atoms with Gasteiger partial charge in [-0.25, -0.2) is 0 Å². The Morgan fingerprint density at radius 2 is 1.32 bits per heavy atom. The summed E-state index contributed by atoms with van der Waals surface area (Å²) in [5.41, 5.74) is 4.67. The monoisotopic (exact) mass is 502 g/mol. The van der Waals surface area contributed by atoms with E-state index in [0.717, 1.165) is 41.0 Å². The van der Waals surface area contributed by atoms with Crippen molar-refractivity contribution in [3.63, 3.8) is 0 Å². The van der Waals surface area contributed by atoms with E-state index in [1.165, 1.54) is 0 Å². The minimum atomic E-state index is -0.514. The zero-order valence-electron chi connectivity index (χ0n) is 21.6. The fourth-order valence-corrected chi connectivity index (χ4v) is 3.76. The Kier molecular flexibility index (Phi) is 10.3. The first kappa shape index (κ1) is 27.5. The van der Waals surface area contributed by atoms with Crippen molar-refractivity contribution in [1.29, 1.82) is 0 Å². The van der Waals surface area contributed by atoms with Crippen LogP contribution in [-0.2, 0) is 32.0 Å². The highest BCUT2D eigenvalue weighted by Crippen LogP contribution is 2.24. The van der Waals surface area contributed by atoms with Crippen molar-refractivity contribution >= 4 is 29.2 Å². The summed E-state index contributed by atoms with van der Waals surface area (Å²) in [6.45, 7) is 5.70. The molecule has 0 spiro atoms. The normalized spacial score (nSPS) is 10.5. The van der Waals surface area contributed by atoms with Gasteiger partial charge in [-0.1, -0.05) is 49.7 Å². The average Bonchev–Trinajstić information content (AvgIpc) is 2.90. The number of amides is 2. The summed E-state index contributed by atoms with van der Waals surface area (Å²) in [5.74, 6) is 0.304. The van der Waals surface area contributed by atoms with Crippen LogP contribution < -0.4 is 15.4 Å². The second-order valence-corrected chi connectivity index (χ2v) is 8.71. The molecular formula is C30H34N2O5. The van der Waals surface area contributed by atoms with Gasteiger partial charge in [-0.3, -0.25) is 14.4 Å². The smallest absolute Gasteiger partial charge is 0.306 e. The Morgan fingerprint density at radius 1 is 0.730 bits per heavy atom. The van der Waals surface area contributed by atoms with Gasteiger partial charge in [-0.2, -0.15) is 0 Å². The van der Waals surface area contributed by atoms with Crippen LogP contribution in [0, 0.1) is 6.92 Å². The molecule has 0 aliphatic rings. The van der Waals surface area contributed by atoms with Crippen LogP contribution >= 0.6 is 0 Å². The van der Waals surface area contributed by atoms with E-state index < -0.39 is 5.97 Å². The maximum absolute atomic E-state index is 12.3. The lowest BCUT2D eigenvalue weighted by Crippen LogP contribution is -2.22. The highest BCUT2D eigenvalue weighted by atomic mass is 16.5. The molecule has 3 aromatic carbocycles. The number of carbonyl (C=O) groups is 3. The predicted molar refractivity (Wildman–Crippen MR) is 145 cm³/mol. The topological polar surface area (TPSA) is 93.7 Å². The molecule has 0 aliphatic carbocycles. The Balaban J connectivity index is 1.36. The van der Waals surface area contributed by atoms with E-state index in [-0.39, 0.29) is 31.3 Å². The van der Waals surface area contributed by atoms with Crippen molar-refractivity contribution in [2.45, 2.75) is 52.9 Å². The summed E-state index contributed by atoms with van der Waals surface area (Å²) < 4.78 is 10.9. The van der Waals surface area contributed by atoms with E-state index in [2.05, 4.69) is 10.6 Å². The van der Waals surface area contributed by atoms with E-state index in [0.29, 0.717) is 17.9 Å². The molecule has 0 radical (unpaired) electrons. The van der Waals surface area contributed by atoms with Crippen LogP contribution in [0.25, 0.3) is 0 Å². The number of esters is 1. The van der Waals surface area contributed by atoms with Crippen LogP contribution in [0.1, 0.15) is 49.8 Å². The Hall–Kier alpha value is -4.13. The van der Waals surface area contributed by atoms with Crippen LogP contribution in [0.5, 0.6) is 11.5 Å². The number of nitrogens with one attached hydrogen (secondary N) is 2. The Bertz CT molecular complexity index is 1180. The first-order valence-electron chi connectivity index (χ1n) is 12.6. The summed E-state index contributed by atoms with van der Waals surface area (Å²) in [4.78, 5) is 36.6. The number of carbonyl (C=O) groups excluding carboxylic acids is 3. The highest BCUT2D eigenvalue weighted by Gasteiger charge is 2.13. The molecule has 37 heavy (non-hydrogen) atoms. The largest absolute Gasteiger partial charge is 0.457 e. The number of hydrogen-bond donors (Lipinski definition) is 2. The van der Waals surface area contributed by atoms with Crippen molar-refractivity contribution in [2.24, 2.45) is 0 Å². The molecule has 2 N–H and O–H groups in total. The molecule has 2 amide bonds. The van der Waals surface area contributed by atoms with Gasteiger partial charge in [0, 0.05) is 24.2 Å². The number of aryl methyl sites for hydroxylation is 3. The molecule has 3 rings (SSSR count). The standard InChI is InChI=1S/C30H34N2O5/c1-4-22-8-6-9-23(5-2)30(22)32-28(34)20-36-29(35)11-7-10-27(33)31-24-14-18-26(19-15-24)37-25-16-12-21(3)13-17-25/h6,8-9,12-19H,4-5,7,10-11,20H2,1-3H3,(H,31,33)(H,32,34). The van der Waals surface area contributed by atoms with Crippen molar-refractivity contribution in [1.82, 2.24) is 0 Å². The number of rotatable bonds is 12. The third kappa shape index (κ3) is 8.79. The molecular weight excluding hydrogens is 468 g/mol. The van der Waals surface area contributed by atoms with E-state index in [4.69, 9.17) is 9.47 Å². The zero-order valence-corrected chi connectivity index (χ0v) is 21.6. The quantitative estimate of drug-likeness (QED) is 0.288. The molecule has 0 aromatic heterocycles. The third-order valence-electron chi connectivity index (χ3n) is 5.81. The van der Waals surface area contributed by atoms with Crippen LogP contribution in [0.15, 0.2) is 66.7 Å². The molecule has 0 saturated carbocycles. The van der Waals surface area contributed by atoms with Crippen molar-refractivity contribution < 1.29 is 23.9 Å². The van der Waals surface area contributed by atoms with Gasteiger partial charge in [0.1, 0.15) is 11.5 Å². The molecule has 7 nitrogen and oxygen atoms in total. The lowest BCUT2D eigenvalue weighted by molar-refractivity contribution is -0.147. The maximum atomic E-state index is 12.3. The summed E-state index contributed by atoms with van der Waals surface area (Å²) in [7, 11) is 0. The van der Waals surface area contributed by atoms with Gasteiger partial charge in [0.25, 0.3) is 5.91 Å². The van der Waals surface area contributed by atoms with Gasteiger partial charge in [0.2, 0.25) is 5.91 Å². The molecule has 7 heteroatoms. The Labute approximate surface area is 218 Å². The van der Waals surface area contributed by atoms with Gasteiger partial charge < -0.3 is 20.1 Å². The third-order valence-corrected chi connectivity index (χ3v) is 5.81. The summed E-state index contributed by atoms with van der Waals surface area (Å²) >= 11 is 0. The van der Waals surface area contributed by atoms with Crippen molar-refractivity contribution in [3.8, 4) is 11.5 Å². The van der Waals surface area contributed by atoms with Gasteiger partial charge in [-0.15, -0.1) is 0 Å².